The van der Waals surface area contributed by atoms with Crippen molar-refractivity contribution in [2.24, 2.45) is 10.9 Å². The van der Waals surface area contributed by atoms with Crippen molar-refractivity contribution in [2.45, 2.75) is 46.7 Å². The minimum atomic E-state index is 0. The largest absolute Gasteiger partial charge is 0.380 e. The Kier molecular flexibility index (Phi) is 11.3. The van der Waals surface area contributed by atoms with E-state index in [0.717, 1.165) is 36.2 Å². The summed E-state index contributed by atoms with van der Waals surface area (Å²) in [5.74, 6) is 1.33. The zero-order chi connectivity index (χ0) is 18.8. The van der Waals surface area contributed by atoms with Gasteiger partial charge in [0, 0.05) is 35.9 Å². The molecule has 1 atom stereocenters. The lowest BCUT2D eigenvalue weighted by atomic mass is 10.0. The maximum atomic E-state index is 4.68. The van der Waals surface area contributed by atoms with E-state index >= 15 is 0 Å². The molecule has 0 spiro atoms. The van der Waals surface area contributed by atoms with E-state index in [-0.39, 0.29) is 24.0 Å². The van der Waals surface area contributed by atoms with E-state index in [1.165, 1.54) is 4.88 Å². The Labute approximate surface area is 184 Å². The third-order valence-corrected chi connectivity index (χ3v) is 5.21. The topological polar surface area (TPSA) is 61.3 Å². The number of hydrogen-bond acceptors (Lipinski definition) is 4. The zero-order valence-corrected chi connectivity index (χ0v) is 19.8. The molecule has 2 aromatic rings. The number of thiazole rings is 1. The molecule has 1 heterocycles. The van der Waals surface area contributed by atoms with Gasteiger partial charge in [0.15, 0.2) is 5.96 Å². The van der Waals surface area contributed by atoms with Crippen LogP contribution in [0.4, 0.5) is 5.69 Å². The molecule has 2 rings (SSSR count). The molecule has 0 radical (unpaired) electrons. The van der Waals surface area contributed by atoms with Crippen LogP contribution in [0.5, 0.6) is 0 Å². The van der Waals surface area contributed by atoms with Crippen molar-refractivity contribution in [3.8, 4) is 0 Å². The standard InChI is InChI=1S/C20H31N5S.HI/c1-5-17-12-22-19(26-17)14-24-20(21-6-2)23-13-18(15(3)4)25-16-10-8-7-9-11-16;/h7-12,15,18,25H,5-6,13-14H2,1-4H3,(H2,21,23,24);1H. The van der Waals surface area contributed by atoms with Crippen molar-refractivity contribution < 1.29 is 0 Å². The second-order valence-electron chi connectivity index (χ2n) is 6.51. The van der Waals surface area contributed by atoms with Gasteiger partial charge < -0.3 is 16.0 Å². The first-order chi connectivity index (χ1) is 12.6. The highest BCUT2D eigenvalue weighted by Crippen LogP contribution is 2.14. The molecule has 0 aliphatic heterocycles. The highest BCUT2D eigenvalue weighted by Gasteiger charge is 2.14. The lowest BCUT2D eigenvalue weighted by Crippen LogP contribution is -2.44. The van der Waals surface area contributed by atoms with Crippen LogP contribution in [0, 0.1) is 5.92 Å². The van der Waals surface area contributed by atoms with Gasteiger partial charge in [0.05, 0.1) is 6.54 Å². The molecule has 7 heteroatoms. The monoisotopic (exact) mass is 501 g/mol. The molecule has 3 N–H and O–H groups in total. The van der Waals surface area contributed by atoms with Crippen LogP contribution < -0.4 is 16.0 Å². The predicted octanol–water partition coefficient (Wildman–Crippen LogP) is 4.52. The van der Waals surface area contributed by atoms with Gasteiger partial charge in [0.25, 0.3) is 0 Å². The fraction of sp³-hybridized carbons (Fsp3) is 0.500. The number of nitrogens with one attached hydrogen (secondary N) is 3. The highest BCUT2D eigenvalue weighted by atomic mass is 127. The smallest absolute Gasteiger partial charge is 0.191 e. The van der Waals surface area contributed by atoms with Crippen LogP contribution in [0.15, 0.2) is 41.5 Å². The van der Waals surface area contributed by atoms with Gasteiger partial charge in [-0.3, -0.25) is 0 Å². The van der Waals surface area contributed by atoms with Crippen LogP contribution in [0.25, 0.3) is 0 Å². The lowest BCUT2D eigenvalue weighted by Gasteiger charge is -2.25. The van der Waals surface area contributed by atoms with Gasteiger partial charge in [0.2, 0.25) is 0 Å². The van der Waals surface area contributed by atoms with Crippen molar-refractivity contribution in [1.29, 1.82) is 0 Å². The number of rotatable bonds is 9. The van der Waals surface area contributed by atoms with Gasteiger partial charge in [0.1, 0.15) is 5.01 Å². The summed E-state index contributed by atoms with van der Waals surface area (Å²) in [6, 6.07) is 10.7. The molecular formula is C20H32IN5S. The molecule has 0 amide bonds. The summed E-state index contributed by atoms with van der Waals surface area (Å²) >= 11 is 1.74. The lowest BCUT2D eigenvalue weighted by molar-refractivity contribution is 0.512. The zero-order valence-electron chi connectivity index (χ0n) is 16.7. The van der Waals surface area contributed by atoms with Crippen LogP contribution in [0.1, 0.15) is 37.6 Å². The number of anilines is 1. The van der Waals surface area contributed by atoms with Crippen LogP contribution >= 0.6 is 35.3 Å². The number of guanidine groups is 1. The number of nitrogens with zero attached hydrogens (tertiary/aromatic N) is 2. The van der Waals surface area contributed by atoms with E-state index in [4.69, 9.17) is 0 Å². The summed E-state index contributed by atoms with van der Waals surface area (Å²) in [7, 11) is 0. The molecular weight excluding hydrogens is 469 g/mol. The Morgan fingerprint density at radius 1 is 1.15 bits per heavy atom. The fourth-order valence-electron chi connectivity index (χ4n) is 2.48. The second kappa shape index (κ2) is 12.9. The third kappa shape index (κ3) is 8.47. The average molecular weight is 501 g/mol. The molecule has 0 saturated heterocycles. The SMILES string of the molecule is CCNC(=NCc1ncc(CC)s1)NCC(Nc1ccccc1)C(C)C.I. The number of hydrogen-bond donors (Lipinski definition) is 3. The molecule has 1 aromatic heterocycles. The molecule has 0 bridgehead atoms. The van der Waals surface area contributed by atoms with Crippen molar-refractivity contribution in [2.75, 3.05) is 18.4 Å². The summed E-state index contributed by atoms with van der Waals surface area (Å²) in [5.41, 5.74) is 1.14. The molecule has 0 saturated carbocycles. The predicted molar refractivity (Wildman–Crippen MR) is 128 cm³/mol. The van der Waals surface area contributed by atoms with E-state index in [2.05, 4.69) is 77.9 Å². The van der Waals surface area contributed by atoms with E-state index < -0.39 is 0 Å². The van der Waals surface area contributed by atoms with Gasteiger partial charge in [-0.25, -0.2) is 9.98 Å². The van der Waals surface area contributed by atoms with Gasteiger partial charge in [-0.05, 0) is 31.4 Å². The molecule has 0 fully saturated rings. The number of para-hydroxylation sites is 1. The number of aliphatic imine (C=N–C) groups is 1. The number of aromatic nitrogens is 1. The Hall–Kier alpha value is -1.35. The molecule has 5 nitrogen and oxygen atoms in total. The first kappa shape index (κ1) is 23.7. The van der Waals surface area contributed by atoms with Gasteiger partial charge in [-0.15, -0.1) is 35.3 Å². The fourth-order valence-corrected chi connectivity index (χ4v) is 3.27. The minimum absolute atomic E-state index is 0. The summed E-state index contributed by atoms with van der Waals surface area (Å²) < 4.78 is 0. The quantitative estimate of drug-likeness (QED) is 0.269. The molecule has 1 aromatic carbocycles. The summed E-state index contributed by atoms with van der Waals surface area (Å²) in [6.07, 6.45) is 2.98. The molecule has 0 aliphatic rings. The third-order valence-electron chi connectivity index (χ3n) is 4.09. The highest BCUT2D eigenvalue weighted by molar-refractivity contribution is 14.0. The van der Waals surface area contributed by atoms with Crippen molar-refractivity contribution in [1.82, 2.24) is 15.6 Å². The van der Waals surface area contributed by atoms with Crippen molar-refractivity contribution >= 4 is 47.0 Å². The van der Waals surface area contributed by atoms with Gasteiger partial charge in [-0.2, -0.15) is 0 Å². The maximum absolute atomic E-state index is 4.68. The Morgan fingerprint density at radius 3 is 2.48 bits per heavy atom. The van der Waals surface area contributed by atoms with Gasteiger partial charge in [-0.1, -0.05) is 39.0 Å². The number of benzene rings is 1. The van der Waals surface area contributed by atoms with Crippen LogP contribution in [-0.2, 0) is 13.0 Å². The molecule has 27 heavy (non-hydrogen) atoms. The molecule has 0 aliphatic carbocycles. The number of halogens is 1. The summed E-state index contributed by atoms with van der Waals surface area (Å²) in [6.45, 7) is 10.9. The minimum Gasteiger partial charge on any atom is -0.380 e. The van der Waals surface area contributed by atoms with Gasteiger partial charge >= 0.3 is 0 Å². The van der Waals surface area contributed by atoms with Crippen LogP contribution in [0.2, 0.25) is 0 Å². The first-order valence-electron chi connectivity index (χ1n) is 9.39. The first-order valence-corrected chi connectivity index (χ1v) is 10.2. The van der Waals surface area contributed by atoms with Crippen LogP contribution in [-0.4, -0.2) is 30.1 Å². The second-order valence-corrected chi connectivity index (χ2v) is 7.71. The van der Waals surface area contributed by atoms with Crippen LogP contribution in [0.3, 0.4) is 0 Å². The van der Waals surface area contributed by atoms with E-state index in [9.17, 15) is 0 Å². The summed E-state index contributed by atoms with van der Waals surface area (Å²) in [5, 5.41) is 11.4. The summed E-state index contributed by atoms with van der Waals surface area (Å²) in [4.78, 5) is 10.4. The maximum Gasteiger partial charge on any atom is 0.191 e. The van der Waals surface area contributed by atoms with Crippen molar-refractivity contribution in [3.63, 3.8) is 0 Å². The Morgan fingerprint density at radius 2 is 1.89 bits per heavy atom. The molecule has 150 valence electrons. The van der Waals surface area contributed by atoms with E-state index in [0.29, 0.717) is 18.5 Å². The average Bonchev–Trinajstić information content (AvgIpc) is 3.11. The normalized spacial score (nSPS) is 12.4. The van der Waals surface area contributed by atoms with Crippen molar-refractivity contribution in [3.05, 3.63) is 46.4 Å². The Balaban J connectivity index is 0.00000364. The number of aryl methyl sites for hydroxylation is 1. The molecule has 1 unspecified atom stereocenters. The van der Waals surface area contributed by atoms with E-state index in [1.54, 1.807) is 11.3 Å². The Bertz CT molecular complexity index is 672. The van der Waals surface area contributed by atoms with E-state index in [1.807, 2.05) is 12.3 Å².